The monoisotopic (exact) mass is 278 g/mol. The molecule has 0 radical (unpaired) electrons. The first-order valence-corrected chi connectivity index (χ1v) is 8.39. The third-order valence-corrected chi connectivity index (χ3v) is 7.27. The second-order valence-corrected chi connectivity index (χ2v) is 7.04. The van der Waals surface area contributed by atoms with Gasteiger partial charge in [-0.05, 0) is 30.5 Å². The predicted molar refractivity (Wildman–Crippen MR) is 77.0 cm³/mol. The summed E-state index contributed by atoms with van der Waals surface area (Å²) in [6.45, 7) is 0. The van der Waals surface area contributed by atoms with Gasteiger partial charge in [0.1, 0.15) is 3.41 Å². The molecule has 0 aliphatic carbocycles. The largest absolute Gasteiger partial charge is 0.276 e. The van der Waals surface area contributed by atoms with E-state index in [4.69, 9.17) is 10.3 Å². The normalized spacial score (nSPS) is 11.7. The molecule has 84 valence electrons. The molecule has 0 unspecified atom stereocenters. The van der Waals surface area contributed by atoms with Gasteiger partial charge in [0, 0.05) is 10.5 Å². The van der Waals surface area contributed by atoms with Gasteiger partial charge in [0.2, 0.25) is 0 Å². The first-order chi connectivity index (χ1) is 7.24. The van der Waals surface area contributed by atoms with E-state index < -0.39 is 0 Å². The van der Waals surface area contributed by atoms with E-state index in [9.17, 15) is 0 Å². The molecule has 1 aromatic carbocycles. The van der Waals surface area contributed by atoms with Gasteiger partial charge < -0.3 is 0 Å². The van der Waals surface area contributed by atoms with E-state index >= 15 is 0 Å². The van der Waals surface area contributed by atoms with E-state index in [0.29, 0.717) is 0 Å². The molecule has 0 spiro atoms. The van der Waals surface area contributed by atoms with Gasteiger partial charge in [-0.3, -0.25) is 10.3 Å². The smallest absolute Gasteiger partial charge is 0.146 e. The summed E-state index contributed by atoms with van der Waals surface area (Å²) in [5, 5.41) is 11.5. The van der Waals surface area contributed by atoms with Crippen LogP contribution in [0.3, 0.4) is 0 Å². The molecule has 0 atom stereocenters. The minimum absolute atomic E-state index is 0.164. The van der Waals surface area contributed by atoms with Gasteiger partial charge in [-0.2, -0.15) is 0 Å². The summed E-state index contributed by atoms with van der Waals surface area (Å²) >= 11 is 6.09. The van der Waals surface area contributed by atoms with Crippen LogP contribution in [0.15, 0.2) is 29.2 Å². The quantitative estimate of drug-likeness (QED) is 0.637. The van der Waals surface area contributed by atoms with Gasteiger partial charge in [-0.15, -0.1) is 23.5 Å². The first kappa shape index (κ1) is 13.6. The Morgan fingerprint density at radius 1 is 1.07 bits per heavy atom. The minimum Gasteiger partial charge on any atom is -0.276 e. The highest BCUT2D eigenvalue weighted by Gasteiger charge is 2.32. The SMILES string of the molecule is CSC(SC)(SN)c1ccccc1SN. The van der Waals surface area contributed by atoms with Crippen LogP contribution in [-0.4, -0.2) is 12.5 Å². The van der Waals surface area contributed by atoms with Crippen LogP contribution in [0.2, 0.25) is 0 Å². The Morgan fingerprint density at radius 3 is 2.13 bits per heavy atom. The summed E-state index contributed by atoms with van der Waals surface area (Å²) in [4.78, 5) is 1.08. The van der Waals surface area contributed by atoms with Crippen LogP contribution < -0.4 is 10.3 Å². The van der Waals surface area contributed by atoms with E-state index in [-0.39, 0.29) is 3.41 Å². The average molecular weight is 278 g/mol. The van der Waals surface area contributed by atoms with Crippen LogP contribution in [0.4, 0.5) is 0 Å². The van der Waals surface area contributed by atoms with Gasteiger partial charge in [0.15, 0.2) is 0 Å². The van der Waals surface area contributed by atoms with E-state index in [1.54, 1.807) is 23.5 Å². The number of rotatable bonds is 5. The maximum absolute atomic E-state index is 5.81. The highest BCUT2D eigenvalue weighted by atomic mass is 32.3. The van der Waals surface area contributed by atoms with Crippen LogP contribution in [0, 0.1) is 0 Å². The van der Waals surface area contributed by atoms with Gasteiger partial charge >= 0.3 is 0 Å². The summed E-state index contributed by atoms with van der Waals surface area (Å²) in [6.07, 6.45) is 4.13. The lowest BCUT2D eigenvalue weighted by molar-refractivity contribution is 1.19. The Bertz CT molecular complexity index is 306. The standard InChI is InChI=1S/C9H14N2S4/c1-12-9(13-2,15-11)7-5-3-4-6-8(7)14-10/h3-6H,10-11H2,1-2H3. The van der Waals surface area contributed by atoms with Crippen LogP contribution >= 0.6 is 47.4 Å². The van der Waals surface area contributed by atoms with Crippen molar-refractivity contribution >= 4 is 47.4 Å². The summed E-state index contributed by atoms with van der Waals surface area (Å²) in [7, 11) is 0. The van der Waals surface area contributed by atoms with Gasteiger partial charge in [0.25, 0.3) is 0 Å². The molecule has 2 nitrogen and oxygen atoms in total. The topological polar surface area (TPSA) is 52.0 Å². The summed E-state index contributed by atoms with van der Waals surface area (Å²) in [6, 6.07) is 8.12. The molecule has 0 aliphatic heterocycles. The third-order valence-electron chi connectivity index (χ3n) is 2.04. The second kappa shape index (κ2) is 6.32. The van der Waals surface area contributed by atoms with Crippen molar-refractivity contribution in [1.29, 1.82) is 0 Å². The maximum atomic E-state index is 5.81. The molecule has 1 rings (SSSR count). The van der Waals surface area contributed by atoms with Gasteiger partial charge in [-0.1, -0.05) is 30.1 Å². The number of benzene rings is 1. The molecule has 0 saturated heterocycles. The van der Waals surface area contributed by atoms with Crippen molar-refractivity contribution in [1.82, 2.24) is 0 Å². The fourth-order valence-electron chi connectivity index (χ4n) is 1.29. The zero-order valence-corrected chi connectivity index (χ0v) is 11.9. The van der Waals surface area contributed by atoms with Crippen molar-refractivity contribution in [2.24, 2.45) is 10.3 Å². The zero-order valence-electron chi connectivity index (χ0n) is 8.60. The molecule has 6 heteroatoms. The minimum atomic E-state index is -0.164. The van der Waals surface area contributed by atoms with Crippen LogP contribution in [0.25, 0.3) is 0 Å². The fourth-order valence-corrected chi connectivity index (χ4v) is 4.52. The first-order valence-electron chi connectivity index (χ1n) is 4.18. The number of hydrogen-bond acceptors (Lipinski definition) is 6. The zero-order chi connectivity index (χ0) is 11.3. The van der Waals surface area contributed by atoms with Crippen molar-refractivity contribution in [2.45, 2.75) is 8.31 Å². The molecule has 0 saturated carbocycles. The molecule has 15 heavy (non-hydrogen) atoms. The number of thioether (sulfide) groups is 2. The van der Waals surface area contributed by atoms with Crippen LogP contribution in [-0.2, 0) is 3.41 Å². The van der Waals surface area contributed by atoms with Crippen molar-refractivity contribution < 1.29 is 0 Å². The Hall–Kier alpha value is 0.540. The van der Waals surface area contributed by atoms with Crippen LogP contribution in [0.5, 0.6) is 0 Å². The van der Waals surface area contributed by atoms with E-state index in [2.05, 4.69) is 18.6 Å². The summed E-state index contributed by atoms with van der Waals surface area (Å²) < 4.78 is -0.164. The van der Waals surface area contributed by atoms with Gasteiger partial charge in [-0.25, -0.2) is 0 Å². The predicted octanol–water partition coefficient (Wildman–Crippen LogP) is 3.10. The lowest BCUT2D eigenvalue weighted by Crippen LogP contribution is -2.16. The lowest BCUT2D eigenvalue weighted by Gasteiger charge is -2.29. The summed E-state index contributed by atoms with van der Waals surface area (Å²) in [5.41, 5.74) is 1.19. The Morgan fingerprint density at radius 2 is 1.67 bits per heavy atom. The molecule has 0 bridgehead atoms. The molecule has 1 aromatic rings. The van der Waals surface area contributed by atoms with E-state index in [0.717, 1.165) is 4.90 Å². The Balaban J connectivity index is 3.21. The van der Waals surface area contributed by atoms with E-state index in [1.807, 2.05) is 18.2 Å². The van der Waals surface area contributed by atoms with Crippen molar-refractivity contribution in [3.63, 3.8) is 0 Å². The molecule has 0 heterocycles. The lowest BCUT2D eigenvalue weighted by atomic mass is 10.2. The highest BCUT2D eigenvalue weighted by molar-refractivity contribution is 8.31. The number of nitrogens with two attached hydrogens (primary N) is 2. The molecule has 0 aliphatic rings. The average Bonchev–Trinajstić information content (AvgIpc) is 2.33. The highest BCUT2D eigenvalue weighted by Crippen LogP contribution is 2.52. The van der Waals surface area contributed by atoms with E-state index in [1.165, 1.54) is 29.5 Å². The molecule has 4 N–H and O–H groups in total. The van der Waals surface area contributed by atoms with Crippen molar-refractivity contribution in [3.8, 4) is 0 Å². The molecule has 0 fully saturated rings. The molecule has 0 aromatic heterocycles. The molecular formula is C9H14N2S4. The van der Waals surface area contributed by atoms with Gasteiger partial charge in [0.05, 0.1) is 0 Å². The summed E-state index contributed by atoms with van der Waals surface area (Å²) in [5.74, 6) is 0. The van der Waals surface area contributed by atoms with Crippen LogP contribution in [0.1, 0.15) is 5.56 Å². The van der Waals surface area contributed by atoms with Crippen molar-refractivity contribution in [3.05, 3.63) is 29.8 Å². The molecular weight excluding hydrogens is 264 g/mol. The molecule has 0 amide bonds. The Kier molecular flexibility index (Phi) is 5.73. The fraction of sp³-hybridized carbons (Fsp3) is 0.333. The third kappa shape index (κ3) is 2.81. The second-order valence-electron chi connectivity index (χ2n) is 2.70. The Labute approximate surface area is 108 Å². The number of hydrogen-bond donors (Lipinski definition) is 2. The van der Waals surface area contributed by atoms with Crippen molar-refractivity contribution in [2.75, 3.05) is 12.5 Å². The maximum Gasteiger partial charge on any atom is 0.146 e.